The zero-order valence-electron chi connectivity index (χ0n) is 10.2. The van der Waals surface area contributed by atoms with E-state index < -0.39 is 0 Å². The summed E-state index contributed by atoms with van der Waals surface area (Å²) in [5.41, 5.74) is 0.577. The van der Waals surface area contributed by atoms with Gasteiger partial charge in [-0.05, 0) is 37.7 Å². The van der Waals surface area contributed by atoms with Crippen molar-refractivity contribution in [2.45, 2.75) is 45.1 Å². The van der Waals surface area contributed by atoms with Gasteiger partial charge in [-0.25, -0.2) is 4.98 Å². The first-order valence-electron chi connectivity index (χ1n) is 6.36. The summed E-state index contributed by atoms with van der Waals surface area (Å²) in [5, 5.41) is 8.70. The van der Waals surface area contributed by atoms with Crippen LogP contribution in [0.2, 0.25) is 0 Å². The molecule has 0 N–H and O–H groups in total. The number of nitrogens with zero attached hydrogens (tertiary/aromatic N) is 2. The second-order valence-electron chi connectivity index (χ2n) is 4.61. The summed E-state index contributed by atoms with van der Waals surface area (Å²) in [5.74, 6) is 1.30. The Balaban J connectivity index is 2.01. The Hall–Kier alpha value is -1.56. The van der Waals surface area contributed by atoms with Gasteiger partial charge in [-0.3, -0.25) is 0 Å². The quantitative estimate of drug-likeness (QED) is 0.800. The molecule has 90 valence electrons. The van der Waals surface area contributed by atoms with Crippen molar-refractivity contribution in [1.29, 1.82) is 5.26 Å². The van der Waals surface area contributed by atoms with Crippen molar-refractivity contribution in [1.82, 2.24) is 4.98 Å². The first-order valence-corrected chi connectivity index (χ1v) is 6.36. The molecular formula is C14H18N2O. The van der Waals surface area contributed by atoms with Crippen molar-refractivity contribution in [2.24, 2.45) is 5.92 Å². The lowest BCUT2D eigenvalue weighted by atomic mass is 9.85. The zero-order chi connectivity index (χ0) is 12.1. The molecule has 1 aromatic rings. The maximum absolute atomic E-state index is 8.70. The molecule has 0 saturated heterocycles. The highest BCUT2D eigenvalue weighted by Gasteiger charge is 2.25. The molecular weight excluding hydrogens is 212 g/mol. The van der Waals surface area contributed by atoms with E-state index in [1.165, 1.54) is 25.7 Å². The summed E-state index contributed by atoms with van der Waals surface area (Å²) in [7, 11) is 0. The van der Waals surface area contributed by atoms with Gasteiger partial charge in [0.05, 0.1) is 5.56 Å². The third-order valence-corrected chi connectivity index (χ3v) is 3.50. The van der Waals surface area contributed by atoms with E-state index in [1.807, 2.05) is 0 Å². The van der Waals surface area contributed by atoms with Crippen LogP contribution in [-0.4, -0.2) is 11.1 Å². The number of pyridine rings is 1. The van der Waals surface area contributed by atoms with Gasteiger partial charge in [-0.2, -0.15) is 5.26 Å². The molecule has 1 aromatic heterocycles. The SMILES string of the molecule is CCC1CCCCC1Oc1ccc(C#N)cn1. The Kier molecular flexibility index (Phi) is 3.98. The van der Waals surface area contributed by atoms with Crippen molar-refractivity contribution >= 4 is 0 Å². The van der Waals surface area contributed by atoms with Crippen molar-refractivity contribution < 1.29 is 4.74 Å². The van der Waals surface area contributed by atoms with Gasteiger partial charge in [0.2, 0.25) is 5.88 Å². The fraction of sp³-hybridized carbons (Fsp3) is 0.571. The smallest absolute Gasteiger partial charge is 0.213 e. The fourth-order valence-corrected chi connectivity index (χ4v) is 2.47. The van der Waals surface area contributed by atoms with Gasteiger partial charge in [-0.15, -0.1) is 0 Å². The molecule has 3 heteroatoms. The van der Waals surface area contributed by atoms with E-state index in [-0.39, 0.29) is 0 Å². The van der Waals surface area contributed by atoms with Crippen LogP contribution in [0.25, 0.3) is 0 Å². The standard InChI is InChI=1S/C14H18N2O/c1-2-12-5-3-4-6-13(12)17-14-8-7-11(9-15)10-16-14/h7-8,10,12-13H,2-6H2,1H3. The first kappa shape index (κ1) is 11.9. The molecule has 1 heterocycles. The minimum absolute atomic E-state index is 0.300. The van der Waals surface area contributed by atoms with Gasteiger partial charge in [0, 0.05) is 12.3 Å². The molecule has 0 radical (unpaired) electrons. The van der Waals surface area contributed by atoms with Gasteiger partial charge >= 0.3 is 0 Å². The molecule has 1 aliphatic rings. The van der Waals surface area contributed by atoms with Crippen LogP contribution < -0.4 is 4.74 Å². The lowest BCUT2D eigenvalue weighted by Gasteiger charge is -2.30. The maximum atomic E-state index is 8.70. The normalized spacial score (nSPS) is 24.0. The lowest BCUT2D eigenvalue weighted by Crippen LogP contribution is -2.30. The molecule has 3 nitrogen and oxygen atoms in total. The van der Waals surface area contributed by atoms with Crippen molar-refractivity contribution in [3.05, 3.63) is 23.9 Å². The second-order valence-corrected chi connectivity index (χ2v) is 4.61. The predicted molar refractivity (Wildman–Crippen MR) is 65.6 cm³/mol. The van der Waals surface area contributed by atoms with Gasteiger partial charge in [0.25, 0.3) is 0 Å². The predicted octanol–water partition coefficient (Wildman–Crippen LogP) is 3.30. The van der Waals surface area contributed by atoms with Crippen molar-refractivity contribution in [2.75, 3.05) is 0 Å². The molecule has 0 aliphatic heterocycles. The van der Waals surface area contributed by atoms with E-state index in [2.05, 4.69) is 18.0 Å². The number of ether oxygens (including phenoxy) is 1. The van der Waals surface area contributed by atoms with Gasteiger partial charge in [-0.1, -0.05) is 13.3 Å². The van der Waals surface area contributed by atoms with Crippen LogP contribution in [-0.2, 0) is 0 Å². The highest BCUT2D eigenvalue weighted by Crippen LogP contribution is 2.29. The average Bonchev–Trinajstić information content (AvgIpc) is 2.40. The Labute approximate surface area is 102 Å². The van der Waals surface area contributed by atoms with E-state index in [1.54, 1.807) is 18.3 Å². The van der Waals surface area contributed by atoms with Crippen LogP contribution in [0.3, 0.4) is 0 Å². The molecule has 2 rings (SSSR count). The topological polar surface area (TPSA) is 45.9 Å². The number of hydrogen-bond donors (Lipinski definition) is 0. The van der Waals surface area contributed by atoms with Gasteiger partial charge < -0.3 is 4.74 Å². The van der Waals surface area contributed by atoms with Crippen LogP contribution >= 0.6 is 0 Å². The third kappa shape index (κ3) is 2.97. The van der Waals surface area contributed by atoms with E-state index in [0.29, 0.717) is 23.5 Å². The molecule has 2 atom stereocenters. The summed E-state index contributed by atoms with van der Waals surface area (Å²) in [6, 6.07) is 5.61. The zero-order valence-corrected chi connectivity index (χ0v) is 10.2. The summed E-state index contributed by atoms with van der Waals surface area (Å²) >= 11 is 0. The summed E-state index contributed by atoms with van der Waals surface area (Å²) < 4.78 is 5.94. The monoisotopic (exact) mass is 230 g/mol. The minimum atomic E-state index is 0.300. The van der Waals surface area contributed by atoms with E-state index in [9.17, 15) is 0 Å². The third-order valence-electron chi connectivity index (χ3n) is 3.50. The number of aromatic nitrogens is 1. The summed E-state index contributed by atoms with van der Waals surface area (Å²) in [6.45, 7) is 2.22. The second kappa shape index (κ2) is 5.67. The molecule has 0 bridgehead atoms. The Morgan fingerprint density at radius 2 is 2.24 bits per heavy atom. The van der Waals surface area contributed by atoms with Crippen molar-refractivity contribution in [3.8, 4) is 11.9 Å². The molecule has 17 heavy (non-hydrogen) atoms. The van der Waals surface area contributed by atoms with Crippen LogP contribution in [0, 0.1) is 17.2 Å². The van der Waals surface area contributed by atoms with Crippen molar-refractivity contribution in [3.63, 3.8) is 0 Å². The van der Waals surface area contributed by atoms with Gasteiger partial charge in [0.15, 0.2) is 0 Å². The number of nitriles is 1. The van der Waals surface area contributed by atoms with E-state index in [4.69, 9.17) is 10.00 Å². The molecule has 0 aromatic carbocycles. The van der Waals surface area contributed by atoms with Gasteiger partial charge in [0.1, 0.15) is 12.2 Å². The Morgan fingerprint density at radius 3 is 2.88 bits per heavy atom. The molecule has 1 saturated carbocycles. The summed E-state index contributed by atoms with van der Waals surface area (Å²) in [4.78, 5) is 4.17. The summed E-state index contributed by atoms with van der Waals surface area (Å²) in [6.07, 6.45) is 7.99. The van der Waals surface area contributed by atoms with Crippen LogP contribution in [0.4, 0.5) is 0 Å². The average molecular weight is 230 g/mol. The molecule has 1 aliphatic carbocycles. The molecule has 1 fully saturated rings. The van der Waals surface area contributed by atoms with Crippen LogP contribution in [0.1, 0.15) is 44.6 Å². The Bertz CT molecular complexity index is 394. The molecule has 2 unspecified atom stereocenters. The maximum Gasteiger partial charge on any atom is 0.213 e. The number of rotatable bonds is 3. The number of hydrogen-bond acceptors (Lipinski definition) is 3. The molecule has 0 amide bonds. The largest absolute Gasteiger partial charge is 0.474 e. The fourth-order valence-electron chi connectivity index (χ4n) is 2.47. The lowest BCUT2D eigenvalue weighted by molar-refractivity contribution is 0.0858. The first-order chi connectivity index (χ1) is 8.33. The Morgan fingerprint density at radius 1 is 1.41 bits per heavy atom. The van der Waals surface area contributed by atoms with Crippen LogP contribution in [0.15, 0.2) is 18.3 Å². The minimum Gasteiger partial charge on any atom is -0.474 e. The van der Waals surface area contributed by atoms with Crippen LogP contribution in [0.5, 0.6) is 5.88 Å². The highest BCUT2D eigenvalue weighted by atomic mass is 16.5. The van der Waals surface area contributed by atoms with E-state index in [0.717, 1.165) is 6.42 Å². The van der Waals surface area contributed by atoms with E-state index >= 15 is 0 Å². The molecule has 0 spiro atoms. The highest BCUT2D eigenvalue weighted by molar-refractivity contribution is 5.28.